The smallest absolute Gasteiger partial charge is 0.245 e. The van der Waals surface area contributed by atoms with Crippen LogP contribution in [0.4, 0.5) is 0 Å². The maximum atomic E-state index is 11.4. The van der Waals surface area contributed by atoms with Crippen LogP contribution in [-0.4, -0.2) is 40.9 Å². The number of hydrogen-bond acceptors (Lipinski definition) is 6. The van der Waals surface area contributed by atoms with Crippen molar-refractivity contribution in [2.24, 2.45) is 11.6 Å². The van der Waals surface area contributed by atoms with Crippen LogP contribution in [0.1, 0.15) is 12.8 Å². The Bertz CT molecular complexity index is 301. The Morgan fingerprint density at radius 1 is 1.53 bits per heavy atom. The first-order valence-electron chi connectivity index (χ1n) is 4.76. The number of carbonyl (C=O) groups is 2. The lowest BCUT2D eigenvalue weighted by atomic mass is 9.99. The lowest BCUT2D eigenvalue weighted by Gasteiger charge is -2.24. The van der Waals surface area contributed by atoms with Crippen LogP contribution in [-0.2, 0) is 9.59 Å². The normalized spacial score (nSPS) is 21.5. The molecule has 84 valence electrons. The van der Waals surface area contributed by atoms with Gasteiger partial charge in [-0.3, -0.25) is 9.59 Å². The molecule has 1 atom stereocenters. The molecule has 1 unspecified atom stereocenters. The van der Waals surface area contributed by atoms with Crippen LogP contribution in [0.2, 0.25) is 0 Å². The Hall–Kier alpha value is -1.24. The van der Waals surface area contributed by atoms with Gasteiger partial charge in [0.05, 0.1) is 6.10 Å². The van der Waals surface area contributed by atoms with Gasteiger partial charge in [-0.15, -0.1) is 0 Å². The summed E-state index contributed by atoms with van der Waals surface area (Å²) in [6, 6.07) is 0. The van der Waals surface area contributed by atoms with Gasteiger partial charge >= 0.3 is 0 Å². The third-order valence-corrected chi connectivity index (χ3v) is 2.14. The molecule has 15 heavy (non-hydrogen) atoms. The van der Waals surface area contributed by atoms with Crippen LogP contribution in [0.5, 0.6) is 0 Å². The maximum absolute atomic E-state index is 11.4. The van der Waals surface area contributed by atoms with Gasteiger partial charge in [0.25, 0.3) is 0 Å². The first-order valence-corrected chi connectivity index (χ1v) is 4.76. The molecule has 0 aromatic rings. The van der Waals surface area contributed by atoms with Crippen molar-refractivity contribution in [3.63, 3.8) is 0 Å². The SMILES string of the molecule is NCCCN(N)C1=CC(O)CC(=O)C1=O. The minimum Gasteiger partial charge on any atom is -0.388 e. The molecule has 0 fully saturated rings. The average molecular weight is 213 g/mol. The molecule has 0 spiro atoms. The molecule has 0 bridgehead atoms. The fraction of sp³-hybridized carbons (Fsp3) is 0.556. The number of aliphatic hydroxyl groups excluding tert-OH is 1. The van der Waals surface area contributed by atoms with E-state index >= 15 is 0 Å². The zero-order chi connectivity index (χ0) is 11.4. The number of aliphatic hydroxyl groups is 1. The second-order valence-corrected chi connectivity index (χ2v) is 3.41. The van der Waals surface area contributed by atoms with E-state index in [1.54, 1.807) is 0 Å². The molecule has 5 N–H and O–H groups in total. The number of nitrogens with zero attached hydrogens (tertiary/aromatic N) is 1. The van der Waals surface area contributed by atoms with Crippen LogP contribution in [0, 0.1) is 0 Å². The molecule has 6 nitrogen and oxygen atoms in total. The van der Waals surface area contributed by atoms with Gasteiger partial charge in [0.1, 0.15) is 5.70 Å². The summed E-state index contributed by atoms with van der Waals surface area (Å²) in [4.78, 5) is 22.5. The zero-order valence-electron chi connectivity index (χ0n) is 8.35. The highest BCUT2D eigenvalue weighted by molar-refractivity contribution is 6.44. The van der Waals surface area contributed by atoms with Gasteiger partial charge in [0.15, 0.2) is 0 Å². The molecule has 0 saturated heterocycles. The van der Waals surface area contributed by atoms with Gasteiger partial charge in [-0.2, -0.15) is 0 Å². The highest BCUT2D eigenvalue weighted by Crippen LogP contribution is 2.13. The molecule has 0 aromatic heterocycles. The van der Waals surface area contributed by atoms with Gasteiger partial charge in [-0.25, -0.2) is 5.84 Å². The quantitative estimate of drug-likeness (QED) is 0.291. The minimum atomic E-state index is -0.922. The standard InChI is InChI=1S/C9H15N3O3/c10-2-1-3-12(11)7-4-6(13)5-8(14)9(7)15/h4,6,13H,1-3,5,10-11H2. The molecule has 0 radical (unpaired) electrons. The first-order chi connectivity index (χ1) is 7.06. The molecular formula is C9H15N3O3. The Kier molecular flexibility index (Phi) is 3.96. The Balaban J connectivity index is 2.73. The third-order valence-electron chi connectivity index (χ3n) is 2.14. The predicted octanol–water partition coefficient (Wildman–Crippen LogP) is -1.70. The van der Waals surface area contributed by atoms with E-state index in [9.17, 15) is 14.7 Å². The Morgan fingerprint density at radius 3 is 2.80 bits per heavy atom. The van der Waals surface area contributed by atoms with Crippen molar-refractivity contribution in [1.82, 2.24) is 5.01 Å². The fourth-order valence-electron chi connectivity index (χ4n) is 1.35. The lowest BCUT2D eigenvalue weighted by Crippen LogP contribution is -2.41. The number of allylic oxidation sites excluding steroid dienone is 1. The van der Waals surface area contributed by atoms with Gasteiger partial charge in [-0.1, -0.05) is 0 Å². The molecular weight excluding hydrogens is 198 g/mol. The second-order valence-electron chi connectivity index (χ2n) is 3.41. The number of rotatable bonds is 4. The summed E-state index contributed by atoms with van der Waals surface area (Å²) in [6.45, 7) is 0.833. The summed E-state index contributed by atoms with van der Waals surface area (Å²) in [5, 5.41) is 10.4. The Labute approximate surface area is 87.5 Å². The minimum absolute atomic E-state index is 0.0622. The number of hydrogen-bond donors (Lipinski definition) is 3. The summed E-state index contributed by atoms with van der Waals surface area (Å²) in [5.74, 6) is 4.33. The van der Waals surface area contributed by atoms with Crippen molar-refractivity contribution in [2.75, 3.05) is 13.1 Å². The van der Waals surface area contributed by atoms with Crippen LogP contribution in [0.3, 0.4) is 0 Å². The highest BCUT2D eigenvalue weighted by Gasteiger charge is 2.29. The van der Waals surface area contributed by atoms with Gasteiger partial charge < -0.3 is 15.8 Å². The topological polar surface area (TPSA) is 110 Å². The number of Topliss-reactive ketones (excluding diaryl/α,β-unsaturated/α-hetero) is 2. The maximum Gasteiger partial charge on any atom is 0.245 e. The monoisotopic (exact) mass is 213 g/mol. The van der Waals surface area contributed by atoms with Crippen LogP contribution >= 0.6 is 0 Å². The Morgan fingerprint density at radius 2 is 2.20 bits per heavy atom. The number of ketones is 2. The van der Waals surface area contributed by atoms with E-state index in [2.05, 4.69) is 0 Å². The second kappa shape index (κ2) is 5.01. The van der Waals surface area contributed by atoms with Crippen molar-refractivity contribution in [1.29, 1.82) is 0 Å². The van der Waals surface area contributed by atoms with Crippen molar-refractivity contribution in [2.45, 2.75) is 18.9 Å². The van der Waals surface area contributed by atoms with E-state index < -0.39 is 17.7 Å². The molecule has 6 heteroatoms. The van der Waals surface area contributed by atoms with E-state index in [1.165, 1.54) is 6.08 Å². The molecule has 0 saturated carbocycles. The van der Waals surface area contributed by atoms with Gasteiger partial charge in [0.2, 0.25) is 11.6 Å². The molecule has 0 aliphatic heterocycles. The summed E-state index contributed by atoms with van der Waals surface area (Å²) >= 11 is 0. The molecule has 0 heterocycles. The molecule has 0 aromatic carbocycles. The summed E-state index contributed by atoms with van der Waals surface area (Å²) in [6.07, 6.45) is 0.841. The molecule has 0 amide bonds. The zero-order valence-corrected chi connectivity index (χ0v) is 8.35. The van der Waals surface area contributed by atoms with Crippen molar-refractivity contribution in [3.8, 4) is 0 Å². The van der Waals surface area contributed by atoms with E-state index in [1.807, 2.05) is 0 Å². The van der Waals surface area contributed by atoms with Gasteiger partial charge in [0, 0.05) is 13.0 Å². The lowest BCUT2D eigenvalue weighted by molar-refractivity contribution is -0.137. The van der Waals surface area contributed by atoms with Crippen LogP contribution < -0.4 is 11.6 Å². The van der Waals surface area contributed by atoms with Crippen molar-refractivity contribution in [3.05, 3.63) is 11.8 Å². The van der Waals surface area contributed by atoms with Gasteiger partial charge in [-0.05, 0) is 19.0 Å². The molecule has 1 aliphatic carbocycles. The molecule has 1 rings (SSSR count). The van der Waals surface area contributed by atoms with E-state index in [4.69, 9.17) is 11.6 Å². The van der Waals surface area contributed by atoms with E-state index in [0.717, 1.165) is 5.01 Å². The van der Waals surface area contributed by atoms with Crippen LogP contribution in [0.25, 0.3) is 0 Å². The summed E-state index contributed by atoms with van der Waals surface area (Å²) in [5.41, 5.74) is 5.35. The summed E-state index contributed by atoms with van der Waals surface area (Å²) in [7, 11) is 0. The third kappa shape index (κ3) is 2.85. The summed E-state index contributed by atoms with van der Waals surface area (Å²) < 4.78 is 0. The largest absolute Gasteiger partial charge is 0.388 e. The van der Waals surface area contributed by atoms with Crippen molar-refractivity contribution < 1.29 is 14.7 Å². The first kappa shape index (κ1) is 11.8. The van der Waals surface area contributed by atoms with Crippen molar-refractivity contribution >= 4 is 11.6 Å². The number of carbonyl (C=O) groups excluding carboxylic acids is 2. The van der Waals surface area contributed by atoms with Crippen LogP contribution in [0.15, 0.2) is 11.8 Å². The average Bonchev–Trinajstić information content (AvgIpc) is 2.19. The molecule has 1 aliphatic rings. The highest BCUT2D eigenvalue weighted by atomic mass is 16.3. The predicted molar refractivity (Wildman–Crippen MR) is 53.3 cm³/mol. The van der Waals surface area contributed by atoms with E-state index in [0.29, 0.717) is 19.5 Å². The number of hydrazine groups is 1. The fourth-order valence-corrected chi connectivity index (χ4v) is 1.35. The number of nitrogens with two attached hydrogens (primary N) is 2. The van der Waals surface area contributed by atoms with E-state index in [-0.39, 0.29) is 12.1 Å².